The smallest absolute Gasteiger partial charge is 0.164 e. The molecule has 19 heavy (non-hydrogen) atoms. The standard InChI is InChI=1S/C14H15N5/c1-11-2-4-17-13(8-15)14(11)18-6-3-12(9-18)19-7-5-16-10-19/h2,4-5,7,10,12H,3,6,9H2,1H3. The SMILES string of the molecule is Cc1ccnc(C#N)c1N1CCC(n2ccnc2)C1. The Morgan fingerprint density at radius 1 is 1.42 bits per heavy atom. The number of hydrogen-bond acceptors (Lipinski definition) is 4. The molecule has 0 spiro atoms. The second-order valence-electron chi connectivity index (χ2n) is 4.84. The summed E-state index contributed by atoms with van der Waals surface area (Å²) in [5.41, 5.74) is 2.61. The average Bonchev–Trinajstić information content (AvgIpc) is 3.08. The van der Waals surface area contributed by atoms with E-state index in [4.69, 9.17) is 0 Å². The van der Waals surface area contributed by atoms with Crippen molar-refractivity contribution in [3.8, 4) is 6.07 Å². The van der Waals surface area contributed by atoms with Crippen molar-refractivity contribution in [2.24, 2.45) is 0 Å². The molecule has 1 aliphatic heterocycles. The fraction of sp³-hybridized carbons (Fsp3) is 0.357. The third kappa shape index (κ3) is 2.06. The molecule has 0 saturated carbocycles. The van der Waals surface area contributed by atoms with E-state index in [9.17, 15) is 5.26 Å². The Bertz CT molecular complexity index is 611. The van der Waals surface area contributed by atoms with Crippen molar-refractivity contribution in [2.75, 3.05) is 18.0 Å². The molecule has 1 fully saturated rings. The fourth-order valence-corrected chi connectivity index (χ4v) is 2.71. The first kappa shape index (κ1) is 11.7. The van der Waals surface area contributed by atoms with Crippen molar-refractivity contribution < 1.29 is 0 Å². The van der Waals surface area contributed by atoms with Gasteiger partial charge in [0.1, 0.15) is 6.07 Å². The zero-order valence-electron chi connectivity index (χ0n) is 10.8. The summed E-state index contributed by atoms with van der Waals surface area (Å²) in [4.78, 5) is 10.5. The normalized spacial score (nSPS) is 18.5. The molecule has 0 N–H and O–H groups in total. The van der Waals surface area contributed by atoms with Crippen LogP contribution >= 0.6 is 0 Å². The van der Waals surface area contributed by atoms with Crippen LogP contribution in [0.5, 0.6) is 0 Å². The van der Waals surface area contributed by atoms with Gasteiger partial charge in [-0.1, -0.05) is 0 Å². The lowest BCUT2D eigenvalue weighted by Gasteiger charge is -2.21. The minimum absolute atomic E-state index is 0.425. The summed E-state index contributed by atoms with van der Waals surface area (Å²) in [5.74, 6) is 0. The highest BCUT2D eigenvalue weighted by Crippen LogP contribution is 2.30. The zero-order valence-corrected chi connectivity index (χ0v) is 10.8. The van der Waals surface area contributed by atoms with Crippen LogP contribution in [0, 0.1) is 18.3 Å². The van der Waals surface area contributed by atoms with Crippen molar-refractivity contribution in [3.05, 3.63) is 42.2 Å². The summed E-state index contributed by atoms with van der Waals surface area (Å²) < 4.78 is 2.14. The molecule has 3 heterocycles. The fourth-order valence-electron chi connectivity index (χ4n) is 2.71. The molecule has 0 bridgehead atoms. The van der Waals surface area contributed by atoms with E-state index in [1.807, 2.05) is 25.5 Å². The van der Waals surface area contributed by atoms with Crippen LogP contribution in [-0.2, 0) is 0 Å². The summed E-state index contributed by atoms with van der Waals surface area (Å²) in [6.07, 6.45) is 8.42. The molecular formula is C14H15N5. The second-order valence-corrected chi connectivity index (χ2v) is 4.84. The molecule has 0 aromatic carbocycles. The van der Waals surface area contributed by atoms with Gasteiger partial charge in [-0.2, -0.15) is 5.26 Å². The maximum absolute atomic E-state index is 9.20. The summed E-state index contributed by atoms with van der Waals surface area (Å²) >= 11 is 0. The van der Waals surface area contributed by atoms with Crippen LogP contribution in [-0.4, -0.2) is 27.6 Å². The van der Waals surface area contributed by atoms with Gasteiger partial charge in [0.05, 0.1) is 18.1 Å². The van der Waals surface area contributed by atoms with Gasteiger partial charge in [-0.3, -0.25) is 0 Å². The van der Waals surface area contributed by atoms with E-state index >= 15 is 0 Å². The molecule has 1 saturated heterocycles. The Balaban J connectivity index is 1.88. The highest BCUT2D eigenvalue weighted by molar-refractivity contribution is 5.61. The maximum Gasteiger partial charge on any atom is 0.164 e. The van der Waals surface area contributed by atoms with E-state index in [0.717, 1.165) is 30.8 Å². The van der Waals surface area contributed by atoms with Gasteiger partial charge in [-0.05, 0) is 25.0 Å². The number of imidazole rings is 1. The Kier molecular flexibility index (Phi) is 2.92. The van der Waals surface area contributed by atoms with Crippen molar-refractivity contribution >= 4 is 5.69 Å². The Hall–Kier alpha value is -2.35. The lowest BCUT2D eigenvalue weighted by molar-refractivity contribution is 0.551. The molecule has 5 heteroatoms. The van der Waals surface area contributed by atoms with Crippen molar-refractivity contribution in [2.45, 2.75) is 19.4 Å². The molecule has 0 aliphatic carbocycles. The van der Waals surface area contributed by atoms with E-state index in [-0.39, 0.29) is 0 Å². The van der Waals surface area contributed by atoms with Crippen molar-refractivity contribution in [1.82, 2.24) is 14.5 Å². The first-order chi connectivity index (χ1) is 9.29. The summed E-state index contributed by atoms with van der Waals surface area (Å²) in [7, 11) is 0. The van der Waals surface area contributed by atoms with E-state index in [1.54, 1.807) is 12.4 Å². The Labute approximate surface area is 112 Å². The van der Waals surface area contributed by atoms with Gasteiger partial charge in [0.2, 0.25) is 0 Å². The van der Waals surface area contributed by atoms with Crippen LogP contribution in [0.1, 0.15) is 23.7 Å². The van der Waals surface area contributed by atoms with Gasteiger partial charge in [0, 0.05) is 31.7 Å². The molecular weight excluding hydrogens is 238 g/mol. The van der Waals surface area contributed by atoms with Crippen LogP contribution in [0.2, 0.25) is 0 Å². The number of pyridine rings is 1. The van der Waals surface area contributed by atoms with Gasteiger partial charge in [-0.15, -0.1) is 0 Å². The number of hydrogen-bond donors (Lipinski definition) is 0. The second kappa shape index (κ2) is 4.73. The predicted octanol–water partition coefficient (Wildman–Crippen LogP) is 1.91. The van der Waals surface area contributed by atoms with Crippen LogP contribution in [0.3, 0.4) is 0 Å². The topological polar surface area (TPSA) is 57.7 Å². The zero-order chi connectivity index (χ0) is 13.2. The Morgan fingerprint density at radius 3 is 3.05 bits per heavy atom. The number of nitrogens with zero attached hydrogens (tertiary/aromatic N) is 5. The number of aryl methyl sites for hydroxylation is 1. The van der Waals surface area contributed by atoms with Gasteiger partial charge in [0.15, 0.2) is 5.69 Å². The van der Waals surface area contributed by atoms with Gasteiger partial charge in [0.25, 0.3) is 0 Å². The predicted molar refractivity (Wildman–Crippen MR) is 71.8 cm³/mol. The highest BCUT2D eigenvalue weighted by Gasteiger charge is 2.26. The van der Waals surface area contributed by atoms with Gasteiger partial charge < -0.3 is 9.47 Å². The molecule has 0 radical (unpaired) electrons. The van der Waals surface area contributed by atoms with Crippen molar-refractivity contribution in [1.29, 1.82) is 5.26 Å². The Morgan fingerprint density at radius 2 is 2.32 bits per heavy atom. The molecule has 0 amide bonds. The highest BCUT2D eigenvalue weighted by atomic mass is 15.2. The molecule has 96 valence electrons. The number of rotatable bonds is 2. The van der Waals surface area contributed by atoms with E-state index < -0.39 is 0 Å². The third-order valence-corrected chi connectivity index (χ3v) is 3.66. The van der Waals surface area contributed by atoms with Crippen LogP contribution in [0.15, 0.2) is 31.0 Å². The van der Waals surface area contributed by atoms with Crippen molar-refractivity contribution in [3.63, 3.8) is 0 Å². The van der Waals surface area contributed by atoms with Crippen LogP contribution in [0.25, 0.3) is 0 Å². The van der Waals surface area contributed by atoms with E-state index in [2.05, 4.69) is 25.5 Å². The molecule has 1 unspecified atom stereocenters. The summed E-state index contributed by atoms with van der Waals surface area (Å²) in [5, 5.41) is 9.20. The lowest BCUT2D eigenvalue weighted by atomic mass is 10.2. The quantitative estimate of drug-likeness (QED) is 0.820. The summed E-state index contributed by atoms with van der Waals surface area (Å²) in [6, 6.07) is 4.57. The monoisotopic (exact) mass is 253 g/mol. The summed E-state index contributed by atoms with van der Waals surface area (Å²) in [6.45, 7) is 3.88. The van der Waals surface area contributed by atoms with Crippen LogP contribution < -0.4 is 4.90 Å². The number of anilines is 1. The van der Waals surface area contributed by atoms with E-state index in [1.165, 1.54) is 0 Å². The largest absolute Gasteiger partial charge is 0.367 e. The van der Waals surface area contributed by atoms with E-state index in [0.29, 0.717) is 11.7 Å². The number of nitriles is 1. The van der Waals surface area contributed by atoms with Gasteiger partial charge >= 0.3 is 0 Å². The molecule has 2 aromatic heterocycles. The lowest BCUT2D eigenvalue weighted by Crippen LogP contribution is -2.22. The van der Waals surface area contributed by atoms with Gasteiger partial charge in [-0.25, -0.2) is 9.97 Å². The first-order valence-electron chi connectivity index (χ1n) is 6.37. The maximum atomic E-state index is 9.20. The van der Waals surface area contributed by atoms with Crippen LogP contribution in [0.4, 0.5) is 5.69 Å². The molecule has 3 rings (SSSR count). The third-order valence-electron chi connectivity index (χ3n) is 3.66. The molecule has 1 atom stereocenters. The minimum atomic E-state index is 0.425. The molecule has 1 aliphatic rings. The number of aromatic nitrogens is 3. The average molecular weight is 253 g/mol. The first-order valence-corrected chi connectivity index (χ1v) is 6.37. The molecule has 5 nitrogen and oxygen atoms in total. The minimum Gasteiger partial charge on any atom is -0.367 e. The molecule has 2 aromatic rings.